The molecule has 178 valence electrons. The Morgan fingerprint density at radius 1 is 1.21 bits per heavy atom. The first kappa shape index (κ1) is 23.9. The van der Waals surface area contributed by atoms with E-state index in [4.69, 9.17) is 33.7 Å². The smallest absolute Gasteiger partial charge is 0.320 e. The van der Waals surface area contributed by atoms with Crippen molar-refractivity contribution in [1.29, 1.82) is 0 Å². The Hall–Kier alpha value is -3.27. The molecule has 1 aliphatic rings. The van der Waals surface area contributed by atoms with E-state index in [9.17, 15) is 14.4 Å². The van der Waals surface area contributed by atoms with E-state index in [1.165, 1.54) is 4.90 Å². The number of fused-ring (bicyclic) bond motifs is 3. The number of halogens is 2. The molecule has 2 aromatic carbocycles. The number of aromatic nitrogens is 1. The van der Waals surface area contributed by atoms with Crippen molar-refractivity contribution in [3.05, 3.63) is 63.3 Å². The topological polar surface area (TPSA) is 130 Å². The zero-order chi connectivity index (χ0) is 24.2. The molecule has 0 aliphatic carbocycles. The quantitative estimate of drug-likeness (QED) is 0.365. The van der Waals surface area contributed by atoms with Gasteiger partial charge in [0.05, 0.1) is 5.69 Å². The normalized spacial score (nSPS) is 15.0. The Balaban J connectivity index is 1.50. The number of nitrogens with two attached hydrogens (primary N) is 1. The van der Waals surface area contributed by atoms with Gasteiger partial charge < -0.3 is 26.1 Å². The summed E-state index contributed by atoms with van der Waals surface area (Å²) < 4.78 is 5.30. The van der Waals surface area contributed by atoms with Gasteiger partial charge in [0.25, 0.3) is 6.47 Å². The van der Waals surface area contributed by atoms with Gasteiger partial charge in [-0.15, -0.1) is 0 Å². The summed E-state index contributed by atoms with van der Waals surface area (Å²) in [5, 5.41) is 7.50. The average Bonchev–Trinajstić information content (AvgIpc) is 3.16. The van der Waals surface area contributed by atoms with Crippen LogP contribution in [0.15, 0.2) is 36.4 Å². The molecule has 1 aromatic heterocycles. The van der Waals surface area contributed by atoms with Gasteiger partial charge in [0.1, 0.15) is 0 Å². The van der Waals surface area contributed by atoms with E-state index in [0.29, 0.717) is 46.4 Å². The lowest BCUT2D eigenvalue weighted by Crippen LogP contribution is -2.46. The highest BCUT2D eigenvalue weighted by molar-refractivity contribution is 6.31. The largest absolute Gasteiger partial charge is 0.438 e. The van der Waals surface area contributed by atoms with Crippen LogP contribution in [0.3, 0.4) is 0 Å². The first-order valence-corrected chi connectivity index (χ1v) is 11.4. The second-order valence-corrected chi connectivity index (χ2v) is 8.70. The number of carbonyl (C=O) groups excluding carboxylic acids is 3. The van der Waals surface area contributed by atoms with Crippen molar-refractivity contribution in [2.75, 3.05) is 18.4 Å². The van der Waals surface area contributed by atoms with Gasteiger partial charge in [0, 0.05) is 52.7 Å². The van der Waals surface area contributed by atoms with E-state index in [2.05, 4.69) is 15.6 Å². The number of nitrogens with zero attached hydrogens (tertiary/aromatic N) is 1. The number of hydrogen-bond donors (Lipinski definition) is 4. The molecule has 9 nitrogen and oxygen atoms in total. The van der Waals surface area contributed by atoms with Crippen molar-refractivity contribution < 1.29 is 19.1 Å². The van der Waals surface area contributed by atoms with Crippen LogP contribution >= 0.6 is 23.2 Å². The number of rotatable bonds is 7. The van der Waals surface area contributed by atoms with Gasteiger partial charge in [-0.1, -0.05) is 23.2 Å². The van der Waals surface area contributed by atoms with E-state index < -0.39 is 12.3 Å². The number of aromatic amines is 1. The van der Waals surface area contributed by atoms with Crippen molar-refractivity contribution in [2.24, 2.45) is 5.73 Å². The number of nitrogens with one attached hydrogen (secondary N) is 3. The summed E-state index contributed by atoms with van der Waals surface area (Å²) in [6.45, 7) is 1.05. The number of H-pyrrole nitrogens is 1. The summed E-state index contributed by atoms with van der Waals surface area (Å²) in [6, 6.07) is 10.1. The molecule has 0 fully saturated rings. The molecule has 11 heteroatoms. The van der Waals surface area contributed by atoms with Gasteiger partial charge in [0.2, 0.25) is 12.1 Å². The van der Waals surface area contributed by atoms with Gasteiger partial charge >= 0.3 is 6.03 Å². The summed E-state index contributed by atoms with van der Waals surface area (Å²) in [6.07, 6.45) is -0.151. The molecule has 34 heavy (non-hydrogen) atoms. The molecule has 5 N–H and O–H groups in total. The molecule has 0 bridgehead atoms. The standard InChI is InChI=1S/C23H23Cl2N5O4/c24-14-1-2-19-18(10-14)17-4-6-30(22(34-12-31)21(17)29-19)23(33)27-11-13-7-15(25)9-16(8-13)28-20(32)3-5-26/h1-2,7-10,12,22,29H,3-6,11,26H2,(H,27,33)(H,28,32). The highest BCUT2D eigenvalue weighted by Gasteiger charge is 2.34. The van der Waals surface area contributed by atoms with Crippen LogP contribution < -0.4 is 16.4 Å². The summed E-state index contributed by atoms with van der Waals surface area (Å²) in [4.78, 5) is 40.8. The maximum atomic E-state index is 13.0. The van der Waals surface area contributed by atoms with Gasteiger partial charge in [-0.25, -0.2) is 4.79 Å². The van der Waals surface area contributed by atoms with E-state index in [1.807, 2.05) is 12.1 Å². The number of carbonyl (C=O) groups is 3. The molecular weight excluding hydrogens is 481 g/mol. The number of urea groups is 1. The minimum Gasteiger partial charge on any atom is -0.438 e. The Morgan fingerprint density at radius 2 is 2.03 bits per heavy atom. The van der Waals surface area contributed by atoms with Crippen molar-refractivity contribution in [2.45, 2.75) is 25.6 Å². The van der Waals surface area contributed by atoms with Crippen LogP contribution in [0.25, 0.3) is 10.9 Å². The molecule has 0 saturated heterocycles. The second kappa shape index (κ2) is 10.3. The zero-order valence-electron chi connectivity index (χ0n) is 18.1. The molecule has 3 aromatic rings. The molecule has 1 aliphatic heterocycles. The third-order valence-electron chi connectivity index (χ3n) is 5.54. The van der Waals surface area contributed by atoms with E-state index in [0.717, 1.165) is 16.5 Å². The monoisotopic (exact) mass is 503 g/mol. The molecule has 4 rings (SSSR count). The van der Waals surface area contributed by atoms with Crippen LogP contribution in [0.1, 0.15) is 29.5 Å². The lowest BCUT2D eigenvalue weighted by atomic mass is 10.0. The van der Waals surface area contributed by atoms with E-state index in [1.54, 1.807) is 24.3 Å². The lowest BCUT2D eigenvalue weighted by molar-refractivity contribution is -0.142. The maximum Gasteiger partial charge on any atom is 0.320 e. The minimum atomic E-state index is -0.905. The predicted octanol–water partition coefficient (Wildman–Crippen LogP) is 3.70. The molecular formula is C23H23Cl2N5O4. The highest BCUT2D eigenvalue weighted by Crippen LogP contribution is 2.36. The van der Waals surface area contributed by atoms with Crippen LogP contribution in [0, 0.1) is 0 Å². The fourth-order valence-electron chi connectivity index (χ4n) is 4.09. The Labute approximate surface area is 205 Å². The summed E-state index contributed by atoms with van der Waals surface area (Å²) in [7, 11) is 0. The molecule has 2 heterocycles. The Kier molecular flexibility index (Phi) is 7.26. The molecule has 1 unspecified atom stereocenters. The predicted molar refractivity (Wildman–Crippen MR) is 130 cm³/mol. The molecule has 0 saturated carbocycles. The lowest BCUT2D eigenvalue weighted by Gasteiger charge is -2.34. The van der Waals surface area contributed by atoms with Gasteiger partial charge in [-0.3, -0.25) is 14.5 Å². The summed E-state index contributed by atoms with van der Waals surface area (Å²) >= 11 is 12.3. The number of anilines is 1. The van der Waals surface area contributed by atoms with Crippen LogP contribution in [-0.4, -0.2) is 41.4 Å². The molecule has 3 amide bonds. The third kappa shape index (κ3) is 5.11. The molecule has 0 spiro atoms. The molecule has 1 atom stereocenters. The fraction of sp³-hybridized carbons (Fsp3) is 0.261. The summed E-state index contributed by atoms with van der Waals surface area (Å²) in [5.41, 5.74) is 9.05. The highest BCUT2D eigenvalue weighted by atomic mass is 35.5. The SMILES string of the molecule is NCCC(=O)Nc1cc(Cl)cc(CNC(=O)N2CCc3c([nH]c4ccc(Cl)cc34)C2OC=O)c1. The van der Waals surface area contributed by atoms with Gasteiger partial charge in [-0.2, -0.15) is 0 Å². The Bertz CT molecular complexity index is 1250. The Morgan fingerprint density at radius 3 is 2.79 bits per heavy atom. The van der Waals surface area contributed by atoms with Crippen LogP contribution in [0.5, 0.6) is 0 Å². The molecule has 0 radical (unpaired) electrons. The average molecular weight is 504 g/mol. The van der Waals surface area contributed by atoms with Crippen LogP contribution in [0.4, 0.5) is 10.5 Å². The van der Waals surface area contributed by atoms with Gasteiger partial charge in [0.15, 0.2) is 0 Å². The number of benzene rings is 2. The third-order valence-corrected chi connectivity index (χ3v) is 5.99. The van der Waals surface area contributed by atoms with Crippen molar-refractivity contribution >= 4 is 58.2 Å². The van der Waals surface area contributed by atoms with Crippen LogP contribution in [-0.2, 0) is 27.3 Å². The van der Waals surface area contributed by atoms with Crippen molar-refractivity contribution in [3.63, 3.8) is 0 Å². The number of amides is 3. The number of hydrogen-bond acceptors (Lipinski definition) is 5. The van der Waals surface area contributed by atoms with E-state index in [-0.39, 0.29) is 25.4 Å². The number of ether oxygens (including phenoxy) is 1. The first-order valence-electron chi connectivity index (χ1n) is 10.6. The maximum absolute atomic E-state index is 13.0. The van der Waals surface area contributed by atoms with Crippen molar-refractivity contribution in [1.82, 2.24) is 15.2 Å². The minimum absolute atomic E-state index is 0.151. The second-order valence-electron chi connectivity index (χ2n) is 7.83. The van der Waals surface area contributed by atoms with Crippen molar-refractivity contribution in [3.8, 4) is 0 Å². The van der Waals surface area contributed by atoms with Crippen LogP contribution in [0.2, 0.25) is 10.0 Å². The van der Waals surface area contributed by atoms with E-state index >= 15 is 0 Å². The first-order chi connectivity index (χ1) is 16.4. The van der Waals surface area contributed by atoms with Gasteiger partial charge in [-0.05, 0) is 53.9 Å². The zero-order valence-corrected chi connectivity index (χ0v) is 19.6. The summed E-state index contributed by atoms with van der Waals surface area (Å²) in [5.74, 6) is -0.225. The fourth-order valence-corrected chi connectivity index (χ4v) is 4.52.